The first-order chi connectivity index (χ1) is 16.4. The van der Waals surface area contributed by atoms with E-state index in [1.165, 1.54) is 0 Å². The summed E-state index contributed by atoms with van der Waals surface area (Å²) in [5.41, 5.74) is 10.4. The lowest BCUT2D eigenvalue weighted by Crippen LogP contribution is -2.43. The number of fused-ring (bicyclic) bond motifs is 1. The summed E-state index contributed by atoms with van der Waals surface area (Å²) >= 11 is 0. The molecule has 0 spiro atoms. The first kappa shape index (κ1) is 22.3. The summed E-state index contributed by atoms with van der Waals surface area (Å²) in [6.07, 6.45) is 9.92. The molecule has 1 fully saturated rings. The zero-order valence-electron chi connectivity index (χ0n) is 20.3. The Labute approximate surface area is 200 Å². The summed E-state index contributed by atoms with van der Waals surface area (Å²) in [6, 6.07) is 6.81. The highest BCUT2D eigenvalue weighted by molar-refractivity contribution is 5.81. The van der Waals surface area contributed by atoms with E-state index in [1.807, 2.05) is 40.1 Å². The Morgan fingerprint density at radius 1 is 1.03 bits per heavy atom. The van der Waals surface area contributed by atoms with Crippen LogP contribution in [0, 0.1) is 0 Å². The van der Waals surface area contributed by atoms with E-state index in [0.29, 0.717) is 6.04 Å². The normalized spacial score (nSPS) is 16.7. The Hall–Kier alpha value is -3.46. The van der Waals surface area contributed by atoms with Crippen molar-refractivity contribution in [1.29, 1.82) is 0 Å². The lowest BCUT2D eigenvalue weighted by Gasteiger charge is -2.34. The number of pyridine rings is 2. The number of hydrogen-bond acceptors (Lipinski definition) is 7. The lowest BCUT2D eigenvalue weighted by atomic mass is 10.0. The van der Waals surface area contributed by atoms with Gasteiger partial charge in [0.25, 0.3) is 0 Å². The number of piperidine rings is 1. The molecule has 9 heteroatoms. The molecule has 4 aromatic heterocycles. The highest BCUT2D eigenvalue weighted by Gasteiger charge is 2.22. The topological polar surface area (TPSA) is 103 Å². The van der Waals surface area contributed by atoms with Gasteiger partial charge in [0.15, 0.2) is 5.65 Å². The third-order valence-electron chi connectivity index (χ3n) is 6.31. The van der Waals surface area contributed by atoms with Gasteiger partial charge < -0.3 is 16.0 Å². The van der Waals surface area contributed by atoms with Crippen LogP contribution in [0.4, 0.5) is 17.3 Å². The van der Waals surface area contributed by atoms with E-state index in [9.17, 15) is 0 Å². The number of nitrogens with one attached hydrogen (secondary N) is 1. The molecule has 3 N–H and O–H groups in total. The largest absolute Gasteiger partial charge is 0.369 e. The minimum Gasteiger partial charge on any atom is -0.369 e. The van der Waals surface area contributed by atoms with Crippen LogP contribution in [0.3, 0.4) is 0 Å². The SMILES string of the molecule is CC(C)n1cc(-c2cnc(Nc3ccc4cnn(C(C)C)c4n3)cc2N2CCC[C@H](N)C2)cn1. The van der Waals surface area contributed by atoms with Crippen LogP contribution in [-0.2, 0) is 0 Å². The molecular weight excluding hydrogens is 426 g/mol. The molecule has 34 heavy (non-hydrogen) atoms. The second-order valence-corrected chi connectivity index (χ2v) is 9.65. The molecule has 5 rings (SSSR count). The quantitative estimate of drug-likeness (QED) is 0.437. The molecule has 0 radical (unpaired) electrons. The third kappa shape index (κ3) is 4.35. The van der Waals surface area contributed by atoms with E-state index in [2.05, 4.69) is 60.4 Å². The van der Waals surface area contributed by atoms with Crippen LogP contribution >= 0.6 is 0 Å². The molecule has 1 aliphatic heterocycles. The summed E-state index contributed by atoms with van der Waals surface area (Å²) in [5, 5.41) is 13.4. The van der Waals surface area contributed by atoms with Gasteiger partial charge in [0.05, 0.1) is 12.4 Å². The fraction of sp³-hybridized carbons (Fsp3) is 0.440. The zero-order chi connectivity index (χ0) is 23.8. The van der Waals surface area contributed by atoms with Gasteiger partial charge in [-0.3, -0.25) is 4.68 Å². The average molecular weight is 460 g/mol. The van der Waals surface area contributed by atoms with Crippen molar-refractivity contribution in [2.24, 2.45) is 5.73 Å². The van der Waals surface area contributed by atoms with Crippen molar-refractivity contribution >= 4 is 28.4 Å². The van der Waals surface area contributed by atoms with Gasteiger partial charge in [-0.2, -0.15) is 10.2 Å². The molecule has 0 aromatic carbocycles. The van der Waals surface area contributed by atoms with Gasteiger partial charge >= 0.3 is 0 Å². The van der Waals surface area contributed by atoms with Crippen LogP contribution in [0.15, 0.2) is 43.0 Å². The van der Waals surface area contributed by atoms with Crippen LogP contribution < -0.4 is 16.0 Å². The molecular formula is C25H33N9. The maximum absolute atomic E-state index is 6.33. The van der Waals surface area contributed by atoms with Gasteiger partial charge in [-0.15, -0.1) is 0 Å². The van der Waals surface area contributed by atoms with Crippen molar-refractivity contribution in [2.75, 3.05) is 23.3 Å². The van der Waals surface area contributed by atoms with Gasteiger partial charge in [-0.1, -0.05) is 0 Å². The minimum absolute atomic E-state index is 0.171. The van der Waals surface area contributed by atoms with Crippen molar-refractivity contribution < 1.29 is 0 Å². The maximum Gasteiger partial charge on any atom is 0.160 e. The molecule has 0 unspecified atom stereocenters. The van der Waals surface area contributed by atoms with Crippen molar-refractivity contribution in [2.45, 2.75) is 58.7 Å². The maximum atomic E-state index is 6.33. The Balaban J connectivity index is 1.51. The summed E-state index contributed by atoms with van der Waals surface area (Å²) < 4.78 is 3.91. The Kier molecular flexibility index (Phi) is 5.95. The fourth-order valence-corrected chi connectivity index (χ4v) is 4.49. The zero-order valence-corrected chi connectivity index (χ0v) is 20.3. The molecule has 0 saturated carbocycles. The molecule has 178 valence electrons. The van der Waals surface area contributed by atoms with E-state index < -0.39 is 0 Å². The number of nitrogens with two attached hydrogens (primary N) is 1. The van der Waals surface area contributed by atoms with Gasteiger partial charge in [0.2, 0.25) is 0 Å². The van der Waals surface area contributed by atoms with Gasteiger partial charge in [0.1, 0.15) is 11.6 Å². The number of nitrogens with zero attached hydrogens (tertiary/aromatic N) is 7. The van der Waals surface area contributed by atoms with Crippen LogP contribution in [0.25, 0.3) is 22.2 Å². The predicted molar refractivity (Wildman–Crippen MR) is 136 cm³/mol. The second-order valence-electron chi connectivity index (χ2n) is 9.65. The molecule has 5 heterocycles. The molecule has 9 nitrogen and oxygen atoms in total. The van der Waals surface area contributed by atoms with Crippen molar-refractivity contribution in [3.8, 4) is 11.1 Å². The van der Waals surface area contributed by atoms with Gasteiger partial charge in [-0.05, 0) is 52.7 Å². The van der Waals surface area contributed by atoms with Gasteiger partial charge in [-0.25, -0.2) is 14.6 Å². The lowest BCUT2D eigenvalue weighted by molar-refractivity contribution is 0.506. The summed E-state index contributed by atoms with van der Waals surface area (Å²) in [4.78, 5) is 11.9. The molecule has 1 atom stereocenters. The number of anilines is 3. The average Bonchev–Trinajstić information content (AvgIpc) is 3.46. The number of rotatable bonds is 6. The van der Waals surface area contributed by atoms with Crippen molar-refractivity contribution in [1.82, 2.24) is 29.5 Å². The second kappa shape index (κ2) is 9.06. The Bertz CT molecular complexity index is 1290. The summed E-state index contributed by atoms with van der Waals surface area (Å²) in [5.74, 6) is 1.49. The van der Waals surface area contributed by atoms with Crippen LogP contribution in [0.2, 0.25) is 0 Å². The monoisotopic (exact) mass is 459 g/mol. The minimum atomic E-state index is 0.171. The molecule has 0 bridgehead atoms. The highest BCUT2D eigenvalue weighted by Crippen LogP contribution is 2.34. The van der Waals surface area contributed by atoms with Crippen LogP contribution in [0.1, 0.15) is 52.6 Å². The molecule has 4 aromatic rings. The number of hydrogen-bond donors (Lipinski definition) is 2. The third-order valence-corrected chi connectivity index (χ3v) is 6.31. The predicted octanol–water partition coefficient (Wildman–Crippen LogP) is 4.52. The first-order valence-corrected chi connectivity index (χ1v) is 12.1. The highest BCUT2D eigenvalue weighted by atomic mass is 15.3. The van der Waals surface area contributed by atoms with E-state index in [1.54, 1.807) is 0 Å². The smallest absolute Gasteiger partial charge is 0.160 e. The Morgan fingerprint density at radius 2 is 1.88 bits per heavy atom. The van der Waals surface area contributed by atoms with Gasteiger partial charge in [0, 0.05) is 71.9 Å². The Morgan fingerprint density at radius 3 is 2.62 bits per heavy atom. The van der Waals surface area contributed by atoms with Crippen LogP contribution in [-0.4, -0.2) is 48.7 Å². The first-order valence-electron chi connectivity index (χ1n) is 12.1. The van der Waals surface area contributed by atoms with E-state index in [0.717, 1.165) is 65.4 Å². The molecule has 1 aliphatic rings. The summed E-state index contributed by atoms with van der Waals surface area (Å²) in [6.45, 7) is 10.3. The van der Waals surface area contributed by atoms with Crippen LogP contribution in [0.5, 0.6) is 0 Å². The van der Waals surface area contributed by atoms with E-state index in [4.69, 9.17) is 15.7 Å². The fourth-order valence-electron chi connectivity index (χ4n) is 4.49. The molecule has 1 saturated heterocycles. The van der Waals surface area contributed by atoms with Crippen molar-refractivity contribution in [3.05, 3.63) is 43.0 Å². The standard InChI is InChI=1S/C25H33N9/c1-16(2)33-14-19(12-28-33)21-13-27-24(10-22(21)32-9-5-6-20(26)15-32)30-23-8-7-18-11-29-34(17(3)4)25(18)31-23/h7-8,10-14,16-17,20H,5-6,9,15,26H2,1-4H3,(H,27,30,31)/t20-/m0/s1. The van der Waals surface area contributed by atoms with Crippen molar-refractivity contribution in [3.63, 3.8) is 0 Å². The number of aromatic nitrogens is 6. The van der Waals surface area contributed by atoms with E-state index >= 15 is 0 Å². The van der Waals surface area contributed by atoms with E-state index in [-0.39, 0.29) is 12.1 Å². The summed E-state index contributed by atoms with van der Waals surface area (Å²) in [7, 11) is 0. The molecule has 0 aliphatic carbocycles. The molecule has 0 amide bonds.